The monoisotopic (exact) mass is 168 g/mol. The van der Waals surface area contributed by atoms with Crippen molar-refractivity contribution in [2.45, 2.75) is 27.7 Å². The van der Waals surface area contributed by atoms with E-state index < -0.39 is 0 Å². The van der Waals surface area contributed by atoms with E-state index in [1.807, 2.05) is 13.8 Å². The lowest BCUT2D eigenvalue weighted by Gasteiger charge is -1.68. The van der Waals surface area contributed by atoms with Gasteiger partial charge in [0.25, 0.3) is 0 Å². The lowest BCUT2D eigenvalue weighted by molar-refractivity contribution is -0.113. The van der Waals surface area contributed by atoms with Crippen LogP contribution < -0.4 is 0 Å². The van der Waals surface area contributed by atoms with Crippen molar-refractivity contribution in [3.8, 4) is 0 Å². The van der Waals surface area contributed by atoms with Crippen molar-refractivity contribution in [1.82, 2.24) is 0 Å². The Balaban J connectivity index is 0. The smallest absolute Gasteiger partial charge is 0.152 e. The molecule has 0 saturated carbocycles. The fraction of sp³-hybridized carbons (Fsp3) is 0.400. The summed E-state index contributed by atoms with van der Waals surface area (Å²) in [5.41, 5.74) is 0. The summed E-state index contributed by atoms with van der Waals surface area (Å²) in [6, 6.07) is 0. The average molecular weight is 168 g/mol. The van der Waals surface area contributed by atoms with Crippen molar-refractivity contribution < 1.29 is 9.59 Å². The molecule has 0 aromatic carbocycles. The summed E-state index contributed by atoms with van der Waals surface area (Å²) >= 11 is 0. The molecule has 0 aliphatic rings. The zero-order valence-corrected chi connectivity index (χ0v) is 8.13. The molecule has 0 aromatic rings. The predicted molar refractivity (Wildman–Crippen MR) is 51.0 cm³/mol. The van der Waals surface area contributed by atoms with E-state index in [1.54, 1.807) is 12.2 Å². The number of hydrogen-bond acceptors (Lipinski definition) is 2. The van der Waals surface area contributed by atoms with E-state index in [9.17, 15) is 9.59 Å². The van der Waals surface area contributed by atoms with E-state index in [0.29, 0.717) is 0 Å². The fourth-order valence-corrected chi connectivity index (χ4v) is 0.469. The molecule has 0 unspecified atom stereocenters. The summed E-state index contributed by atoms with van der Waals surface area (Å²) in [5, 5.41) is 0. The summed E-state index contributed by atoms with van der Waals surface area (Å²) in [7, 11) is 0. The van der Waals surface area contributed by atoms with Gasteiger partial charge in [-0.3, -0.25) is 9.59 Å². The van der Waals surface area contributed by atoms with Crippen LogP contribution >= 0.6 is 0 Å². The molecule has 2 nitrogen and oxygen atoms in total. The highest BCUT2D eigenvalue weighted by Crippen LogP contribution is 1.69. The van der Waals surface area contributed by atoms with E-state index in [-0.39, 0.29) is 11.6 Å². The first-order chi connectivity index (χ1) is 5.54. The average Bonchev–Trinajstić information content (AvgIpc) is 1.87. The highest BCUT2D eigenvalue weighted by atomic mass is 16.1. The quantitative estimate of drug-likeness (QED) is 0.593. The molecule has 68 valence electrons. The van der Waals surface area contributed by atoms with E-state index in [1.165, 1.54) is 26.0 Å². The van der Waals surface area contributed by atoms with Crippen LogP contribution in [0, 0.1) is 0 Å². The lowest BCUT2D eigenvalue weighted by atomic mass is 10.4. The molecule has 0 fully saturated rings. The number of rotatable bonds is 2. The SMILES string of the molecule is CC=CC(C)=O.CC=CC(C)=O. The highest BCUT2D eigenvalue weighted by molar-refractivity contribution is 5.87. The summed E-state index contributed by atoms with van der Waals surface area (Å²) < 4.78 is 0. The Morgan fingerprint density at radius 3 is 1.08 bits per heavy atom. The van der Waals surface area contributed by atoms with Crippen LogP contribution in [-0.2, 0) is 9.59 Å². The molecule has 0 N–H and O–H groups in total. The minimum atomic E-state index is 0.109. The van der Waals surface area contributed by atoms with Gasteiger partial charge in [-0.2, -0.15) is 0 Å². The first-order valence-corrected chi connectivity index (χ1v) is 3.81. The number of carbonyl (C=O) groups is 2. The second-order valence-electron chi connectivity index (χ2n) is 2.22. The molecule has 0 rings (SSSR count). The molecule has 12 heavy (non-hydrogen) atoms. The van der Waals surface area contributed by atoms with Crippen molar-refractivity contribution in [3.05, 3.63) is 24.3 Å². The molecule has 0 radical (unpaired) electrons. The molecule has 0 amide bonds. The number of ketones is 2. The van der Waals surface area contributed by atoms with Gasteiger partial charge in [0.15, 0.2) is 11.6 Å². The first kappa shape index (κ1) is 13.4. The predicted octanol–water partition coefficient (Wildman–Crippen LogP) is 2.30. The minimum absolute atomic E-state index is 0.109. The van der Waals surface area contributed by atoms with E-state index in [2.05, 4.69) is 0 Å². The van der Waals surface area contributed by atoms with Gasteiger partial charge in [0.2, 0.25) is 0 Å². The molecular formula is C10H16O2. The fourth-order valence-electron chi connectivity index (χ4n) is 0.469. The molecule has 0 saturated heterocycles. The summed E-state index contributed by atoms with van der Waals surface area (Å²) in [5.74, 6) is 0.218. The van der Waals surface area contributed by atoms with Crippen molar-refractivity contribution in [1.29, 1.82) is 0 Å². The maximum atomic E-state index is 9.96. The second-order valence-corrected chi connectivity index (χ2v) is 2.22. The van der Waals surface area contributed by atoms with Crippen LogP contribution in [0.3, 0.4) is 0 Å². The van der Waals surface area contributed by atoms with Gasteiger partial charge in [0.05, 0.1) is 0 Å². The molecule has 0 aliphatic heterocycles. The van der Waals surface area contributed by atoms with Crippen LogP contribution in [0.4, 0.5) is 0 Å². The van der Waals surface area contributed by atoms with Gasteiger partial charge in [0, 0.05) is 0 Å². The summed E-state index contributed by atoms with van der Waals surface area (Å²) in [4.78, 5) is 19.9. The van der Waals surface area contributed by atoms with Crippen molar-refractivity contribution in [2.24, 2.45) is 0 Å². The van der Waals surface area contributed by atoms with E-state index in [4.69, 9.17) is 0 Å². The van der Waals surface area contributed by atoms with Crippen molar-refractivity contribution >= 4 is 11.6 Å². The Labute approximate surface area is 74.0 Å². The molecular weight excluding hydrogens is 152 g/mol. The van der Waals surface area contributed by atoms with Crippen molar-refractivity contribution in [2.75, 3.05) is 0 Å². The van der Waals surface area contributed by atoms with Gasteiger partial charge in [-0.05, 0) is 39.8 Å². The van der Waals surface area contributed by atoms with Crippen LogP contribution in [0.25, 0.3) is 0 Å². The first-order valence-electron chi connectivity index (χ1n) is 3.81. The Bertz CT molecular complexity index is 166. The van der Waals surface area contributed by atoms with Crippen LogP contribution in [0.5, 0.6) is 0 Å². The summed E-state index contributed by atoms with van der Waals surface area (Å²) in [6.07, 6.45) is 6.50. The van der Waals surface area contributed by atoms with Crippen LogP contribution in [0.15, 0.2) is 24.3 Å². The number of hydrogen-bond donors (Lipinski definition) is 0. The minimum Gasteiger partial charge on any atom is -0.295 e. The van der Waals surface area contributed by atoms with E-state index >= 15 is 0 Å². The maximum Gasteiger partial charge on any atom is 0.152 e. The molecule has 0 atom stereocenters. The van der Waals surface area contributed by atoms with Gasteiger partial charge in [-0.15, -0.1) is 0 Å². The molecule has 0 spiro atoms. The maximum absolute atomic E-state index is 9.96. The largest absolute Gasteiger partial charge is 0.295 e. The van der Waals surface area contributed by atoms with Crippen LogP contribution in [0.2, 0.25) is 0 Å². The van der Waals surface area contributed by atoms with Gasteiger partial charge < -0.3 is 0 Å². The third kappa shape index (κ3) is 23.2. The normalized spacial score (nSPS) is 9.67. The van der Waals surface area contributed by atoms with Crippen LogP contribution in [-0.4, -0.2) is 11.6 Å². The number of carbonyl (C=O) groups excluding carboxylic acids is 2. The highest BCUT2D eigenvalue weighted by Gasteiger charge is 1.73. The molecule has 2 heteroatoms. The molecule has 0 aliphatic carbocycles. The van der Waals surface area contributed by atoms with Gasteiger partial charge >= 0.3 is 0 Å². The van der Waals surface area contributed by atoms with Gasteiger partial charge in [0.1, 0.15) is 0 Å². The van der Waals surface area contributed by atoms with Gasteiger partial charge in [-0.25, -0.2) is 0 Å². The Hall–Kier alpha value is -1.18. The Morgan fingerprint density at radius 1 is 0.833 bits per heavy atom. The Morgan fingerprint density at radius 2 is 1.08 bits per heavy atom. The standard InChI is InChI=1S/2C5H8O/c2*1-3-4-5(2)6/h2*3-4H,1-2H3. The zero-order valence-electron chi connectivity index (χ0n) is 8.13. The van der Waals surface area contributed by atoms with Crippen molar-refractivity contribution in [3.63, 3.8) is 0 Å². The third-order valence-electron chi connectivity index (χ3n) is 0.803. The second kappa shape index (κ2) is 9.82. The summed E-state index contributed by atoms with van der Waals surface area (Å²) in [6.45, 7) is 6.70. The molecule has 0 bridgehead atoms. The van der Waals surface area contributed by atoms with E-state index in [0.717, 1.165) is 0 Å². The van der Waals surface area contributed by atoms with Gasteiger partial charge in [-0.1, -0.05) is 12.2 Å². The molecule has 0 aromatic heterocycles. The Kier molecular flexibility index (Phi) is 11.0. The van der Waals surface area contributed by atoms with Crippen LogP contribution in [0.1, 0.15) is 27.7 Å². The zero-order chi connectivity index (χ0) is 9.98. The number of allylic oxidation sites excluding steroid dienone is 4. The third-order valence-corrected chi connectivity index (χ3v) is 0.803. The lowest BCUT2D eigenvalue weighted by Crippen LogP contribution is -1.76. The topological polar surface area (TPSA) is 34.1 Å². The molecule has 0 heterocycles.